The maximum Gasteiger partial charge on any atom is 0.276 e. The summed E-state index contributed by atoms with van der Waals surface area (Å²) in [6.45, 7) is 3.12. The zero-order valence-corrected chi connectivity index (χ0v) is 13.6. The molecule has 3 heterocycles. The molecule has 0 radical (unpaired) electrons. The smallest absolute Gasteiger partial charge is 0.276 e. The average molecular weight is 320 g/mol. The van der Waals surface area contributed by atoms with Gasteiger partial charge in [0, 0.05) is 33.7 Å². The number of hydrogen-bond acceptors (Lipinski definition) is 5. The summed E-state index contributed by atoms with van der Waals surface area (Å²) < 4.78 is 0. The number of fused-ring (bicyclic) bond motifs is 1. The molecular weight excluding hydrogens is 292 g/mol. The predicted molar refractivity (Wildman–Crippen MR) is 89.4 cm³/mol. The maximum atomic E-state index is 11.5. The highest BCUT2D eigenvalue weighted by atomic mass is 16.5. The number of amides is 1. The van der Waals surface area contributed by atoms with Crippen LogP contribution < -0.4 is 5.48 Å². The van der Waals surface area contributed by atoms with Crippen molar-refractivity contribution in [3.05, 3.63) is 29.1 Å². The number of nitrogens with one attached hydrogen (secondary N) is 1. The van der Waals surface area contributed by atoms with Gasteiger partial charge in [-0.25, -0.2) is 5.48 Å². The lowest BCUT2D eigenvalue weighted by Crippen LogP contribution is -2.65. The van der Waals surface area contributed by atoms with Gasteiger partial charge in [0.1, 0.15) is 0 Å². The second-order valence-electron chi connectivity index (χ2n) is 7.17. The van der Waals surface area contributed by atoms with Crippen LogP contribution in [0.25, 0.3) is 0 Å². The molecule has 23 heavy (non-hydrogen) atoms. The lowest BCUT2D eigenvalue weighted by atomic mass is 9.68. The van der Waals surface area contributed by atoms with Crippen molar-refractivity contribution < 1.29 is 12.9 Å². The molecule has 3 aliphatic rings. The van der Waals surface area contributed by atoms with E-state index in [0.717, 1.165) is 30.8 Å². The van der Waals surface area contributed by atoms with Crippen LogP contribution in [0.4, 0.5) is 0 Å². The summed E-state index contributed by atoms with van der Waals surface area (Å²) in [7, 11) is 2.27. The number of hydroxylamine groups is 1. The van der Waals surface area contributed by atoms with E-state index in [4.69, 9.17) is 5.21 Å². The molecular formula is C17H28N4O2. The predicted octanol–water partition coefficient (Wildman–Crippen LogP) is 1.68. The fraction of sp³-hybridized carbons (Fsp3) is 0.647. The van der Waals surface area contributed by atoms with Crippen molar-refractivity contribution in [3.8, 4) is 0 Å². The minimum absolute atomic E-state index is 0. The summed E-state index contributed by atoms with van der Waals surface area (Å²) in [5.41, 5.74) is 4.71. The van der Waals surface area contributed by atoms with Crippen LogP contribution in [-0.4, -0.2) is 57.6 Å². The van der Waals surface area contributed by atoms with Crippen molar-refractivity contribution in [3.63, 3.8) is 0 Å². The van der Waals surface area contributed by atoms with Crippen molar-refractivity contribution in [1.29, 1.82) is 0 Å². The van der Waals surface area contributed by atoms with Crippen molar-refractivity contribution in [2.45, 2.75) is 50.2 Å². The molecule has 4 rings (SSSR count). The topological polar surface area (TPSA) is 68.7 Å². The van der Waals surface area contributed by atoms with Crippen LogP contribution in [0.2, 0.25) is 0 Å². The molecule has 1 aromatic heterocycles. The van der Waals surface area contributed by atoms with Gasteiger partial charge >= 0.3 is 0 Å². The lowest BCUT2D eigenvalue weighted by Gasteiger charge is -2.56. The maximum absolute atomic E-state index is 11.5. The highest BCUT2D eigenvalue weighted by Crippen LogP contribution is 2.48. The summed E-state index contributed by atoms with van der Waals surface area (Å²) >= 11 is 0. The van der Waals surface area contributed by atoms with Gasteiger partial charge in [-0.3, -0.25) is 24.8 Å². The highest BCUT2D eigenvalue weighted by molar-refractivity contribution is 5.93. The van der Waals surface area contributed by atoms with E-state index in [-0.39, 0.29) is 2.85 Å². The Labute approximate surface area is 139 Å². The monoisotopic (exact) mass is 320 g/mol. The number of hydrogen-bond donors (Lipinski definition) is 2. The number of nitrogens with zero attached hydrogens (tertiary/aromatic N) is 3. The molecule has 2 N–H and O–H groups in total. The molecule has 128 valence electrons. The quantitative estimate of drug-likeness (QED) is 0.641. The Kier molecular flexibility index (Phi) is 3.63. The van der Waals surface area contributed by atoms with Crippen LogP contribution in [0.5, 0.6) is 0 Å². The molecule has 6 nitrogen and oxygen atoms in total. The van der Waals surface area contributed by atoms with Gasteiger partial charge in [-0.15, -0.1) is 0 Å². The Morgan fingerprint density at radius 1 is 1.48 bits per heavy atom. The molecule has 2 atom stereocenters. The second kappa shape index (κ2) is 5.54. The number of aromatic nitrogens is 1. The van der Waals surface area contributed by atoms with E-state index in [1.165, 1.54) is 32.2 Å². The Morgan fingerprint density at radius 2 is 2.35 bits per heavy atom. The normalized spacial score (nSPS) is 31.0. The second-order valence-corrected chi connectivity index (χ2v) is 7.17. The minimum atomic E-state index is -0.492. The fourth-order valence-electron chi connectivity index (χ4n) is 4.79. The van der Waals surface area contributed by atoms with Gasteiger partial charge in [0.05, 0.1) is 11.3 Å². The molecule has 2 fully saturated rings. The number of carbonyl (C=O) groups is 1. The van der Waals surface area contributed by atoms with Crippen molar-refractivity contribution in [1.82, 2.24) is 20.3 Å². The van der Waals surface area contributed by atoms with Crippen LogP contribution in [-0.2, 0) is 13.0 Å². The van der Waals surface area contributed by atoms with E-state index in [0.29, 0.717) is 17.1 Å². The minimum Gasteiger partial charge on any atom is -0.299 e. The van der Waals surface area contributed by atoms with Crippen molar-refractivity contribution in [2.75, 3.05) is 20.1 Å². The number of likely N-dealkylation sites (tertiary alicyclic amines) is 1. The van der Waals surface area contributed by atoms with E-state index >= 15 is 0 Å². The van der Waals surface area contributed by atoms with Gasteiger partial charge in [-0.2, -0.15) is 0 Å². The summed E-state index contributed by atoms with van der Waals surface area (Å²) in [6, 6.07) is 2.51. The molecule has 1 aromatic rings. The molecule has 1 amide bonds. The summed E-state index contributed by atoms with van der Waals surface area (Å²) in [5, 5.41) is 8.75. The fourth-order valence-corrected chi connectivity index (χ4v) is 4.79. The van der Waals surface area contributed by atoms with Gasteiger partial charge in [0.2, 0.25) is 0 Å². The van der Waals surface area contributed by atoms with Crippen LogP contribution in [0.1, 0.15) is 50.2 Å². The van der Waals surface area contributed by atoms with E-state index in [2.05, 4.69) is 21.8 Å². The first-order valence-corrected chi connectivity index (χ1v) is 8.51. The van der Waals surface area contributed by atoms with Crippen molar-refractivity contribution >= 4 is 5.91 Å². The zero-order chi connectivity index (χ0) is 16.0. The number of pyridine rings is 1. The van der Waals surface area contributed by atoms with Crippen LogP contribution >= 0.6 is 0 Å². The van der Waals surface area contributed by atoms with Crippen LogP contribution in [0.15, 0.2) is 12.3 Å². The van der Waals surface area contributed by atoms with E-state index in [1.54, 1.807) is 11.7 Å². The third kappa shape index (κ3) is 2.28. The first-order valence-electron chi connectivity index (χ1n) is 8.51. The largest absolute Gasteiger partial charge is 0.299 e. The molecule has 1 saturated carbocycles. The van der Waals surface area contributed by atoms with Crippen molar-refractivity contribution in [2.24, 2.45) is 0 Å². The van der Waals surface area contributed by atoms with E-state index < -0.39 is 5.91 Å². The van der Waals surface area contributed by atoms with E-state index in [1.807, 2.05) is 6.07 Å². The summed E-state index contributed by atoms with van der Waals surface area (Å²) in [5.74, 6) is -0.492. The number of carbonyl (C=O) groups excluding carboxylic acids is 1. The van der Waals surface area contributed by atoms with Gasteiger partial charge in [-0.1, -0.05) is 0 Å². The van der Waals surface area contributed by atoms with Gasteiger partial charge in [0.15, 0.2) is 0 Å². The first-order chi connectivity index (χ1) is 11.1. The molecule has 1 saturated heterocycles. The molecule has 2 aliphatic heterocycles. The van der Waals surface area contributed by atoms with Gasteiger partial charge in [0.25, 0.3) is 5.91 Å². The molecule has 0 aromatic carbocycles. The molecule has 1 spiro atoms. The number of rotatable bonds is 2. The summed E-state index contributed by atoms with van der Waals surface area (Å²) in [4.78, 5) is 21.2. The third-order valence-corrected chi connectivity index (χ3v) is 6.22. The zero-order valence-electron chi connectivity index (χ0n) is 13.6. The Hall–Kier alpha value is -1.50. The average Bonchev–Trinajstić information content (AvgIpc) is 2.96. The Balaban J connectivity index is 0.00000113. The first kappa shape index (κ1) is 15.1. The molecule has 0 bridgehead atoms. The van der Waals surface area contributed by atoms with Gasteiger partial charge < -0.3 is 0 Å². The number of likely N-dealkylation sites (N-methyl/N-ethyl adjacent to an activating group) is 1. The standard InChI is InChI=1S/C17H24N4O2.2H2/c1-20-7-2-5-17(20)6-3-15(17)21-8-4-12-9-13(16(22)19-23)10-18-14(12)11-21;;/h9-10,15,23H,2-8,11H2,1H3,(H,19,22);2*1H/t15-,17-;;/m0../s1. The van der Waals surface area contributed by atoms with Crippen LogP contribution in [0.3, 0.4) is 0 Å². The molecule has 1 aliphatic carbocycles. The van der Waals surface area contributed by atoms with E-state index in [9.17, 15) is 4.79 Å². The highest BCUT2D eigenvalue weighted by Gasteiger charge is 2.54. The SMILES string of the molecule is CN1CCC[C@@]12CC[C@@H]2N1CCc2cc(C(=O)NO)cnc2C1.[HH].[HH]. The lowest BCUT2D eigenvalue weighted by molar-refractivity contribution is -0.0465. The van der Waals surface area contributed by atoms with Crippen LogP contribution in [0, 0.1) is 0 Å². The Morgan fingerprint density at radius 3 is 3.00 bits per heavy atom. The van der Waals surface area contributed by atoms with Gasteiger partial charge in [-0.05, 0) is 57.3 Å². The Bertz CT molecular complexity index is 645. The summed E-state index contributed by atoms with van der Waals surface area (Å²) in [6.07, 6.45) is 7.72. The molecule has 0 unspecified atom stereocenters. The third-order valence-electron chi connectivity index (χ3n) is 6.22. The molecule has 6 heteroatoms.